The summed E-state index contributed by atoms with van der Waals surface area (Å²) in [6, 6.07) is 1.69. The largest absolute Gasteiger partial charge is 0.493 e. The topological polar surface area (TPSA) is 68.2 Å². The van der Waals surface area contributed by atoms with E-state index in [9.17, 15) is 9.59 Å². The van der Waals surface area contributed by atoms with Crippen molar-refractivity contribution < 1.29 is 19.1 Å². The van der Waals surface area contributed by atoms with Gasteiger partial charge in [-0.05, 0) is 61.3 Å². The lowest BCUT2D eigenvalue weighted by Crippen LogP contribution is -2.23. The van der Waals surface area contributed by atoms with Crippen LogP contribution < -0.4 is 9.47 Å². The molecule has 24 heavy (non-hydrogen) atoms. The first kappa shape index (κ1) is 19.0. The molecule has 0 atom stereocenters. The number of rotatable bonds is 3. The minimum atomic E-state index is -0.459. The summed E-state index contributed by atoms with van der Waals surface area (Å²) in [6.07, 6.45) is 1.73. The fourth-order valence-corrected chi connectivity index (χ4v) is 3.82. The van der Waals surface area contributed by atoms with Gasteiger partial charge in [-0.1, -0.05) is 0 Å². The summed E-state index contributed by atoms with van der Waals surface area (Å²) in [5, 5.41) is 0.630. The molecule has 0 spiro atoms. The molecule has 0 aliphatic carbocycles. The molecule has 128 valence electrons. The number of thioether (sulfide) groups is 1. The third-order valence-electron chi connectivity index (χ3n) is 3.10. The highest BCUT2D eigenvalue weighted by molar-refractivity contribution is 9.13. The maximum absolute atomic E-state index is 12.3. The highest BCUT2D eigenvalue weighted by Gasteiger charge is 2.30. The number of ether oxygens (including phenoxy) is 2. The fourth-order valence-electron chi connectivity index (χ4n) is 1.99. The van der Waals surface area contributed by atoms with Crippen LogP contribution in [0.3, 0.4) is 0 Å². The Morgan fingerprint density at radius 3 is 2.54 bits per heavy atom. The molecule has 1 heterocycles. The normalized spacial score (nSPS) is 17.8. The maximum atomic E-state index is 12.3. The summed E-state index contributed by atoms with van der Waals surface area (Å²) in [4.78, 5) is 29.6. The van der Waals surface area contributed by atoms with Gasteiger partial charge in [0.05, 0.1) is 16.5 Å². The van der Waals surface area contributed by atoms with E-state index in [1.54, 1.807) is 26.2 Å². The van der Waals surface area contributed by atoms with Crippen LogP contribution in [0.1, 0.15) is 12.5 Å². The van der Waals surface area contributed by atoms with E-state index < -0.39 is 5.97 Å². The summed E-state index contributed by atoms with van der Waals surface area (Å²) in [7, 11) is 4.79. The number of benzene rings is 1. The zero-order valence-electron chi connectivity index (χ0n) is 13.3. The molecular formula is C15H14Br2N2O4S. The Morgan fingerprint density at radius 1 is 1.38 bits per heavy atom. The first-order valence-electron chi connectivity index (χ1n) is 6.69. The highest BCUT2D eigenvalue weighted by atomic mass is 79.9. The standard InChI is InChI=1S/C15H14Br2N2O4S/c1-7(20)23-13-9(22-4)5-8(11(16)12(13)17)6-10-14(21)19(3)15(18-2)24-10/h5-6H,1-4H3/b10-6-,18-15?. The van der Waals surface area contributed by atoms with Crippen LogP contribution in [0, 0.1) is 0 Å². The number of hydrogen-bond acceptors (Lipinski definition) is 6. The number of amidine groups is 1. The molecule has 1 aliphatic rings. The van der Waals surface area contributed by atoms with E-state index in [4.69, 9.17) is 9.47 Å². The number of carbonyl (C=O) groups excluding carboxylic acids is 2. The number of nitrogens with zero attached hydrogens (tertiary/aromatic N) is 2. The average Bonchev–Trinajstić information content (AvgIpc) is 2.81. The van der Waals surface area contributed by atoms with Gasteiger partial charge in [0.1, 0.15) is 0 Å². The second kappa shape index (κ2) is 7.71. The molecule has 1 amide bonds. The molecule has 0 unspecified atom stereocenters. The van der Waals surface area contributed by atoms with E-state index in [1.807, 2.05) is 0 Å². The summed E-state index contributed by atoms with van der Waals surface area (Å²) in [5.41, 5.74) is 0.705. The number of carbonyl (C=O) groups is 2. The Morgan fingerprint density at radius 2 is 2.04 bits per heavy atom. The number of aliphatic imine (C=N–C) groups is 1. The molecule has 0 aromatic heterocycles. The van der Waals surface area contributed by atoms with Crippen LogP contribution in [0.2, 0.25) is 0 Å². The molecule has 2 rings (SSSR count). The van der Waals surface area contributed by atoms with Gasteiger partial charge in [-0.2, -0.15) is 0 Å². The Hall–Kier alpha value is -1.32. The minimum Gasteiger partial charge on any atom is -0.493 e. The van der Waals surface area contributed by atoms with E-state index in [1.165, 1.54) is 30.7 Å². The molecule has 0 N–H and O–H groups in total. The Labute approximate surface area is 160 Å². The average molecular weight is 478 g/mol. The van der Waals surface area contributed by atoms with Gasteiger partial charge >= 0.3 is 5.97 Å². The molecule has 1 aromatic rings. The van der Waals surface area contributed by atoms with Crippen molar-refractivity contribution in [3.05, 3.63) is 25.5 Å². The number of methoxy groups -OCH3 is 1. The number of hydrogen-bond donors (Lipinski definition) is 0. The summed E-state index contributed by atoms with van der Waals surface area (Å²) in [5.74, 6) is 0.0586. The van der Waals surface area contributed by atoms with Gasteiger partial charge in [0, 0.05) is 25.5 Å². The smallest absolute Gasteiger partial charge is 0.308 e. The fraction of sp³-hybridized carbons (Fsp3) is 0.267. The van der Waals surface area contributed by atoms with Crippen LogP contribution in [-0.4, -0.2) is 43.1 Å². The summed E-state index contributed by atoms with van der Waals surface area (Å²) in [6.45, 7) is 1.31. The quantitative estimate of drug-likeness (QED) is 0.377. The van der Waals surface area contributed by atoms with E-state index in [0.717, 1.165) is 0 Å². The van der Waals surface area contributed by atoms with Crippen molar-refractivity contribution in [2.24, 2.45) is 4.99 Å². The first-order valence-corrected chi connectivity index (χ1v) is 9.09. The van der Waals surface area contributed by atoms with Crippen molar-refractivity contribution in [2.75, 3.05) is 21.2 Å². The van der Waals surface area contributed by atoms with E-state index >= 15 is 0 Å². The Kier molecular flexibility index (Phi) is 6.11. The number of likely N-dealkylation sites (N-methyl/N-ethyl adjacent to an activating group) is 1. The van der Waals surface area contributed by atoms with Gasteiger partial charge in [0.15, 0.2) is 16.7 Å². The Bertz CT molecular complexity index is 777. The van der Waals surface area contributed by atoms with Gasteiger partial charge in [-0.3, -0.25) is 19.5 Å². The van der Waals surface area contributed by atoms with Crippen LogP contribution >= 0.6 is 43.6 Å². The third-order valence-corrected chi connectivity index (χ3v) is 6.40. The zero-order chi connectivity index (χ0) is 18.0. The lowest BCUT2D eigenvalue weighted by molar-refractivity contribution is -0.132. The molecule has 6 nitrogen and oxygen atoms in total. The Balaban J connectivity index is 2.53. The number of amides is 1. The van der Waals surface area contributed by atoms with Crippen LogP contribution in [0.25, 0.3) is 6.08 Å². The van der Waals surface area contributed by atoms with Crippen molar-refractivity contribution in [1.82, 2.24) is 4.90 Å². The van der Waals surface area contributed by atoms with Crippen molar-refractivity contribution in [3.63, 3.8) is 0 Å². The number of esters is 1. The van der Waals surface area contributed by atoms with E-state index in [2.05, 4.69) is 36.9 Å². The molecule has 0 bridgehead atoms. The second-order valence-electron chi connectivity index (χ2n) is 4.70. The van der Waals surface area contributed by atoms with Crippen molar-refractivity contribution in [1.29, 1.82) is 0 Å². The SMILES string of the molecule is CN=C1S/C(=C\c2cc(OC)c(OC(C)=O)c(Br)c2Br)C(=O)N1C. The lowest BCUT2D eigenvalue weighted by Gasteiger charge is -2.13. The second-order valence-corrected chi connectivity index (χ2v) is 7.29. The molecule has 1 fully saturated rings. The molecule has 1 saturated heterocycles. The van der Waals surface area contributed by atoms with Crippen molar-refractivity contribution >= 4 is 66.7 Å². The lowest BCUT2D eigenvalue weighted by atomic mass is 10.2. The number of halogens is 2. The van der Waals surface area contributed by atoms with Gasteiger partial charge in [-0.15, -0.1) is 0 Å². The molecule has 0 radical (unpaired) electrons. The van der Waals surface area contributed by atoms with Gasteiger partial charge in [0.25, 0.3) is 5.91 Å². The third kappa shape index (κ3) is 3.68. The van der Waals surface area contributed by atoms with Gasteiger partial charge < -0.3 is 9.47 Å². The van der Waals surface area contributed by atoms with Crippen molar-refractivity contribution in [3.8, 4) is 11.5 Å². The van der Waals surface area contributed by atoms with Crippen molar-refractivity contribution in [2.45, 2.75) is 6.92 Å². The predicted molar refractivity (Wildman–Crippen MR) is 101 cm³/mol. The maximum Gasteiger partial charge on any atom is 0.308 e. The van der Waals surface area contributed by atoms with Crippen LogP contribution in [0.15, 0.2) is 24.9 Å². The molecule has 1 aromatic carbocycles. The van der Waals surface area contributed by atoms with Crippen LogP contribution in [0.5, 0.6) is 11.5 Å². The van der Waals surface area contributed by atoms with Crippen LogP contribution in [0.4, 0.5) is 0 Å². The minimum absolute atomic E-state index is 0.133. The van der Waals surface area contributed by atoms with Crippen LogP contribution in [-0.2, 0) is 9.59 Å². The summed E-state index contributed by atoms with van der Waals surface area (Å²) < 4.78 is 11.6. The van der Waals surface area contributed by atoms with Gasteiger partial charge in [-0.25, -0.2) is 0 Å². The highest BCUT2D eigenvalue weighted by Crippen LogP contribution is 2.44. The molecule has 9 heteroatoms. The zero-order valence-corrected chi connectivity index (χ0v) is 17.3. The monoisotopic (exact) mass is 476 g/mol. The van der Waals surface area contributed by atoms with E-state index in [0.29, 0.717) is 30.3 Å². The molecule has 1 aliphatic heterocycles. The van der Waals surface area contributed by atoms with Gasteiger partial charge in [0.2, 0.25) is 0 Å². The summed E-state index contributed by atoms with van der Waals surface area (Å²) >= 11 is 8.14. The molecule has 0 saturated carbocycles. The van der Waals surface area contributed by atoms with E-state index in [-0.39, 0.29) is 11.7 Å². The predicted octanol–water partition coefficient (Wildman–Crippen LogP) is 3.68. The first-order chi connectivity index (χ1) is 11.3. The molecular weight excluding hydrogens is 464 g/mol.